The van der Waals surface area contributed by atoms with Gasteiger partial charge in [0.2, 0.25) is 5.91 Å². The third-order valence-corrected chi connectivity index (χ3v) is 9.07. The molecule has 2 N–H and O–H groups in total. The average molecular weight is 465 g/mol. The number of fused-ring (bicyclic) bond motifs is 1. The third-order valence-electron chi connectivity index (χ3n) is 6.83. The molecule has 0 radical (unpaired) electrons. The number of aliphatic hydroxyl groups is 1. The van der Waals surface area contributed by atoms with Crippen LogP contribution >= 0.6 is 23.4 Å². The van der Waals surface area contributed by atoms with Gasteiger partial charge in [-0.3, -0.25) is 14.4 Å². The lowest BCUT2D eigenvalue weighted by Crippen LogP contribution is -2.55. The number of benzene rings is 1. The second kappa shape index (κ2) is 7.83. The number of thioether (sulfide) groups is 1. The van der Waals surface area contributed by atoms with Crippen molar-refractivity contribution in [2.75, 3.05) is 24.6 Å². The Morgan fingerprint density at radius 3 is 2.61 bits per heavy atom. The van der Waals surface area contributed by atoms with Crippen molar-refractivity contribution in [1.82, 2.24) is 4.90 Å². The van der Waals surface area contributed by atoms with Gasteiger partial charge in [0.05, 0.1) is 23.2 Å². The van der Waals surface area contributed by atoms with Gasteiger partial charge in [0, 0.05) is 28.5 Å². The van der Waals surface area contributed by atoms with Crippen LogP contribution in [-0.4, -0.2) is 68.1 Å². The number of halogens is 1. The van der Waals surface area contributed by atoms with Crippen molar-refractivity contribution >= 4 is 46.8 Å². The van der Waals surface area contributed by atoms with Crippen LogP contribution in [0.25, 0.3) is 0 Å². The van der Waals surface area contributed by atoms with Gasteiger partial charge in [-0.25, -0.2) is 0 Å². The van der Waals surface area contributed by atoms with Gasteiger partial charge in [-0.1, -0.05) is 17.7 Å². The standard InChI is InChI=1S/C22H25ClN2O5S/c1-3-10-24(14-6-4-13(23)5-7-14)19(28)17-22-9-8-21(2,31-22)16(20(29)30)15(22)18(27)25(17)11-12-26/h3-7,15-17,26H,1,8-12H2,2H3,(H,29,30)/t15-,16+,17?,21-,22?/m0/s1. The molecule has 0 aromatic heterocycles. The zero-order valence-corrected chi connectivity index (χ0v) is 18.7. The van der Waals surface area contributed by atoms with Gasteiger partial charge in [-0.05, 0) is 44.0 Å². The Morgan fingerprint density at radius 1 is 1.35 bits per heavy atom. The number of anilines is 1. The van der Waals surface area contributed by atoms with E-state index in [-0.39, 0.29) is 31.5 Å². The monoisotopic (exact) mass is 464 g/mol. The minimum absolute atomic E-state index is 0.0142. The van der Waals surface area contributed by atoms with Gasteiger partial charge >= 0.3 is 5.97 Å². The van der Waals surface area contributed by atoms with E-state index in [1.165, 1.54) is 16.7 Å². The van der Waals surface area contributed by atoms with Crippen LogP contribution in [-0.2, 0) is 14.4 Å². The quantitative estimate of drug-likeness (QED) is 0.601. The van der Waals surface area contributed by atoms with Crippen LogP contribution in [0.2, 0.25) is 5.02 Å². The SMILES string of the molecule is C=CCN(C(=O)C1N(CCO)C(=O)[C@@H]2[C@H](C(=O)O)[C@]3(C)CCC12S3)c1ccc(Cl)cc1. The molecule has 9 heteroatoms. The van der Waals surface area contributed by atoms with Crippen LogP contribution in [0.1, 0.15) is 19.8 Å². The summed E-state index contributed by atoms with van der Waals surface area (Å²) in [6, 6.07) is 5.97. The molecule has 3 aliphatic heterocycles. The highest BCUT2D eigenvalue weighted by molar-refractivity contribution is 8.02. The summed E-state index contributed by atoms with van der Waals surface area (Å²) in [5.41, 5.74) is 0.615. The van der Waals surface area contributed by atoms with Gasteiger partial charge < -0.3 is 20.0 Å². The predicted octanol–water partition coefficient (Wildman–Crippen LogP) is 2.42. The normalized spacial score (nSPS) is 33.5. The molecule has 3 heterocycles. The van der Waals surface area contributed by atoms with Crippen molar-refractivity contribution in [1.29, 1.82) is 0 Å². The zero-order chi connectivity index (χ0) is 22.6. The van der Waals surface area contributed by atoms with Gasteiger partial charge in [0.25, 0.3) is 5.91 Å². The molecule has 1 aromatic carbocycles. The van der Waals surface area contributed by atoms with Crippen LogP contribution < -0.4 is 4.90 Å². The molecule has 31 heavy (non-hydrogen) atoms. The highest BCUT2D eigenvalue weighted by Gasteiger charge is 2.77. The summed E-state index contributed by atoms with van der Waals surface area (Å²) in [6.45, 7) is 5.55. The maximum absolute atomic E-state index is 14.0. The first kappa shape index (κ1) is 22.2. The van der Waals surface area contributed by atoms with E-state index in [4.69, 9.17) is 11.6 Å². The summed E-state index contributed by atoms with van der Waals surface area (Å²) in [5, 5.41) is 20.1. The maximum atomic E-state index is 14.0. The summed E-state index contributed by atoms with van der Waals surface area (Å²) in [6.07, 6.45) is 2.81. The number of carboxylic acid groups (broad SMARTS) is 1. The first-order chi connectivity index (χ1) is 14.7. The number of β-amino-alcohol motifs (C(OH)–C–C–N with tert-alkyl or cyclic N) is 1. The predicted molar refractivity (Wildman–Crippen MR) is 119 cm³/mol. The Labute approximate surface area is 190 Å². The van der Waals surface area contributed by atoms with E-state index in [0.717, 1.165) is 0 Å². The van der Waals surface area contributed by atoms with Crippen LogP contribution in [0.4, 0.5) is 5.69 Å². The molecule has 3 fully saturated rings. The van der Waals surface area contributed by atoms with Crippen molar-refractivity contribution in [3.63, 3.8) is 0 Å². The van der Waals surface area contributed by atoms with Crippen LogP contribution in [0.3, 0.4) is 0 Å². The molecule has 0 aliphatic carbocycles. The van der Waals surface area contributed by atoms with Crippen LogP contribution in [0.15, 0.2) is 36.9 Å². The van der Waals surface area contributed by atoms with Crippen molar-refractivity contribution in [3.05, 3.63) is 41.9 Å². The molecule has 166 valence electrons. The summed E-state index contributed by atoms with van der Waals surface area (Å²) >= 11 is 7.48. The number of hydrogen-bond donors (Lipinski definition) is 2. The first-order valence-corrected chi connectivity index (χ1v) is 11.4. The molecular formula is C22H25ClN2O5S. The highest BCUT2D eigenvalue weighted by Crippen LogP contribution is 2.71. The Hall–Kier alpha value is -2.03. The number of carboxylic acids is 1. The number of nitrogens with zero attached hydrogens (tertiary/aromatic N) is 2. The topological polar surface area (TPSA) is 98.2 Å². The van der Waals surface area contributed by atoms with E-state index < -0.39 is 33.3 Å². The first-order valence-electron chi connectivity index (χ1n) is 10.2. The number of rotatable bonds is 7. The molecule has 2 bridgehead atoms. The van der Waals surface area contributed by atoms with Crippen LogP contribution in [0, 0.1) is 11.8 Å². The largest absolute Gasteiger partial charge is 0.481 e. The zero-order valence-electron chi connectivity index (χ0n) is 17.2. The van der Waals surface area contributed by atoms with E-state index in [2.05, 4.69) is 6.58 Å². The van der Waals surface area contributed by atoms with Crippen LogP contribution in [0.5, 0.6) is 0 Å². The number of amides is 2. The molecule has 2 unspecified atom stereocenters. The molecule has 4 rings (SSSR count). The van der Waals surface area contributed by atoms with Crippen molar-refractivity contribution in [2.45, 2.75) is 35.3 Å². The number of carbonyl (C=O) groups excluding carboxylic acids is 2. The lowest BCUT2D eigenvalue weighted by Gasteiger charge is -2.37. The molecule has 2 amide bonds. The number of aliphatic hydroxyl groups excluding tert-OH is 1. The van der Waals surface area contributed by atoms with Gasteiger partial charge in [-0.15, -0.1) is 18.3 Å². The summed E-state index contributed by atoms with van der Waals surface area (Å²) in [5.74, 6) is -3.31. The minimum atomic E-state index is -1.01. The lowest BCUT2D eigenvalue weighted by atomic mass is 9.66. The van der Waals surface area contributed by atoms with Crippen molar-refractivity contribution in [2.24, 2.45) is 11.8 Å². The fourth-order valence-corrected chi connectivity index (χ4v) is 8.12. The fourth-order valence-electron chi connectivity index (χ4n) is 5.65. The van der Waals surface area contributed by atoms with Gasteiger partial charge in [-0.2, -0.15) is 0 Å². The second-order valence-electron chi connectivity index (χ2n) is 8.53. The Kier molecular flexibility index (Phi) is 5.60. The second-order valence-corrected chi connectivity index (χ2v) is 10.9. The summed E-state index contributed by atoms with van der Waals surface area (Å²) < 4.78 is -1.42. The Bertz CT molecular complexity index is 940. The van der Waals surface area contributed by atoms with E-state index in [1.54, 1.807) is 35.2 Å². The number of carbonyl (C=O) groups is 3. The van der Waals surface area contributed by atoms with E-state index in [0.29, 0.717) is 23.6 Å². The number of aliphatic carboxylic acids is 1. The minimum Gasteiger partial charge on any atom is -0.481 e. The highest BCUT2D eigenvalue weighted by atomic mass is 35.5. The molecule has 7 nitrogen and oxygen atoms in total. The van der Waals surface area contributed by atoms with E-state index >= 15 is 0 Å². The maximum Gasteiger partial charge on any atom is 0.308 e. The molecule has 5 atom stereocenters. The van der Waals surface area contributed by atoms with Crippen molar-refractivity contribution in [3.8, 4) is 0 Å². The molecule has 1 spiro atoms. The van der Waals surface area contributed by atoms with Gasteiger partial charge in [0.1, 0.15) is 6.04 Å². The Morgan fingerprint density at radius 2 is 2.03 bits per heavy atom. The molecule has 1 aromatic rings. The summed E-state index contributed by atoms with van der Waals surface area (Å²) in [4.78, 5) is 42.5. The molecular weight excluding hydrogens is 440 g/mol. The smallest absolute Gasteiger partial charge is 0.308 e. The van der Waals surface area contributed by atoms with Crippen molar-refractivity contribution < 1.29 is 24.6 Å². The van der Waals surface area contributed by atoms with E-state index in [9.17, 15) is 24.6 Å². The number of hydrogen-bond acceptors (Lipinski definition) is 5. The fraction of sp³-hybridized carbons (Fsp3) is 0.500. The molecule has 3 saturated heterocycles. The van der Waals surface area contributed by atoms with Gasteiger partial charge in [0.15, 0.2) is 0 Å². The molecule has 3 aliphatic rings. The average Bonchev–Trinajstić information content (AvgIpc) is 3.28. The third kappa shape index (κ3) is 3.18. The lowest BCUT2D eigenvalue weighted by molar-refractivity contribution is -0.150. The molecule has 0 saturated carbocycles. The Balaban J connectivity index is 1.80. The summed E-state index contributed by atoms with van der Waals surface area (Å²) in [7, 11) is 0. The van der Waals surface area contributed by atoms with E-state index in [1.807, 2.05) is 6.92 Å². The number of likely N-dealkylation sites (tertiary alicyclic amines) is 1.